The Kier molecular flexibility index (Phi) is 3.12. The highest BCUT2D eigenvalue weighted by Crippen LogP contribution is 2.12. The molecule has 60 valence electrons. The van der Waals surface area contributed by atoms with Crippen LogP contribution in [-0.2, 0) is 12.6 Å². The lowest BCUT2D eigenvalue weighted by atomic mass is 10.3. The smallest absolute Gasteiger partial charge is 0.133 e. The maximum Gasteiger partial charge on any atom is 0.133 e. The number of fused-ring (bicyclic) bond motifs is 1. The molecule has 12 heavy (non-hydrogen) atoms. The van der Waals surface area contributed by atoms with Crippen LogP contribution in [-0.4, -0.2) is 0 Å². The molecule has 0 radical (unpaired) electrons. The van der Waals surface area contributed by atoms with E-state index in [1.807, 2.05) is 30.3 Å². The number of furan rings is 1. The normalized spacial score (nSPS) is 8.25. The van der Waals surface area contributed by atoms with E-state index in [0.717, 1.165) is 11.0 Å². The minimum absolute atomic E-state index is 0.956. The van der Waals surface area contributed by atoms with Crippen molar-refractivity contribution in [2.75, 3.05) is 0 Å². The van der Waals surface area contributed by atoms with E-state index in [0.29, 0.717) is 0 Å². The van der Waals surface area contributed by atoms with Gasteiger partial charge in [0.05, 0.1) is 6.26 Å². The molecule has 2 nitrogen and oxygen atoms in total. The van der Waals surface area contributed by atoms with E-state index in [1.54, 1.807) is 6.26 Å². The summed E-state index contributed by atoms with van der Waals surface area (Å²) in [5.41, 5.74) is 0.956. The first-order chi connectivity index (χ1) is 5.88. The maximum atomic E-state index is 7.13. The Labute approximate surface area is 75.8 Å². The van der Waals surface area contributed by atoms with E-state index >= 15 is 0 Å². The number of hydrogen-bond acceptors (Lipinski definition) is 3. The first kappa shape index (κ1) is 8.57. The van der Waals surface area contributed by atoms with Gasteiger partial charge in [-0.15, -0.1) is 0 Å². The average molecular weight is 176 g/mol. The summed E-state index contributed by atoms with van der Waals surface area (Å²) in [5.74, 6) is 0. The molecule has 0 unspecified atom stereocenters. The fraction of sp³-hybridized carbons (Fsp3) is 0. The summed E-state index contributed by atoms with van der Waals surface area (Å²) in [6.45, 7) is 0. The van der Waals surface area contributed by atoms with Gasteiger partial charge in [0.25, 0.3) is 0 Å². The van der Waals surface area contributed by atoms with Crippen molar-refractivity contribution in [1.29, 1.82) is 5.26 Å². The molecule has 2 rings (SSSR count). The molecule has 1 heterocycles. The zero-order valence-corrected chi connectivity index (χ0v) is 7.04. The topological polar surface area (TPSA) is 36.9 Å². The minimum Gasteiger partial charge on any atom is -0.696 e. The van der Waals surface area contributed by atoms with Crippen molar-refractivity contribution in [2.24, 2.45) is 0 Å². The van der Waals surface area contributed by atoms with Crippen LogP contribution in [0.2, 0.25) is 0 Å². The first-order valence-electron chi connectivity index (χ1n) is 3.32. The molecule has 0 amide bonds. The van der Waals surface area contributed by atoms with Gasteiger partial charge < -0.3 is 17.0 Å². The van der Waals surface area contributed by atoms with Gasteiger partial charge in [-0.05, 0) is 12.1 Å². The molecule has 2 aromatic rings. The Bertz CT molecular complexity index is 358. The predicted molar refractivity (Wildman–Crippen MR) is 49.2 cm³/mol. The molecule has 0 fully saturated rings. The van der Waals surface area contributed by atoms with Gasteiger partial charge in [0.15, 0.2) is 0 Å². The molecular weight excluding hydrogens is 170 g/mol. The van der Waals surface area contributed by atoms with Crippen LogP contribution in [0, 0.1) is 10.7 Å². The summed E-state index contributed by atoms with van der Waals surface area (Å²) in [7, 11) is 0. The van der Waals surface area contributed by atoms with Gasteiger partial charge in [-0.3, -0.25) is 0 Å². The predicted octanol–water partition coefficient (Wildman–Crippen LogP) is 2.45. The molecule has 3 heteroatoms. The number of hydrogen-bond donors (Lipinski definition) is 0. The monoisotopic (exact) mass is 176 g/mol. The van der Waals surface area contributed by atoms with Gasteiger partial charge in [0.1, 0.15) is 5.58 Å². The van der Waals surface area contributed by atoms with Crippen LogP contribution < -0.4 is 0 Å². The molecule has 0 atom stereocenters. The van der Waals surface area contributed by atoms with Crippen molar-refractivity contribution in [2.45, 2.75) is 0 Å². The van der Waals surface area contributed by atoms with Gasteiger partial charge in [0, 0.05) is 5.39 Å². The second kappa shape index (κ2) is 4.37. The van der Waals surface area contributed by atoms with Gasteiger partial charge >= 0.3 is 0 Å². The fourth-order valence-corrected chi connectivity index (χ4v) is 0.906. The summed E-state index contributed by atoms with van der Waals surface area (Å²) < 4.78 is 5.12. The Morgan fingerprint density at radius 3 is 2.58 bits per heavy atom. The quantitative estimate of drug-likeness (QED) is 0.457. The van der Waals surface area contributed by atoms with Crippen molar-refractivity contribution in [1.82, 2.24) is 0 Å². The van der Waals surface area contributed by atoms with E-state index in [2.05, 4.69) is 12.6 Å². The van der Waals surface area contributed by atoms with Crippen LogP contribution in [0.25, 0.3) is 11.0 Å². The molecular formula is C9H6NOS-. The zero-order chi connectivity index (χ0) is 8.81. The first-order valence-corrected chi connectivity index (χ1v) is 3.73. The van der Waals surface area contributed by atoms with Crippen LogP contribution >= 0.6 is 0 Å². The minimum atomic E-state index is 0.956. The molecule has 0 aliphatic carbocycles. The maximum absolute atomic E-state index is 7.13. The highest BCUT2D eigenvalue weighted by molar-refractivity contribution is 7.64. The number of benzene rings is 1. The summed E-state index contributed by atoms with van der Waals surface area (Å²) >= 11 is 3.70. The third-order valence-electron chi connectivity index (χ3n) is 1.36. The number of rotatable bonds is 0. The van der Waals surface area contributed by atoms with Crippen molar-refractivity contribution < 1.29 is 4.42 Å². The van der Waals surface area contributed by atoms with Crippen LogP contribution in [0.1, 0.15) is 0 Å². The van der Waals surface area contributed by atoms with Gasteiger partial charge in [-0.2, -0.15) is 0 Å². The number of nitrogens with zero attached hydrogens (tertiary/aromatic N) is 1. The highest BCUT2D eigenvalue weighted by atomic mass is 32.1. The summed E-state index contributed by atoms with van der Waals surface area (Å²) in [6.07, 6.45) is 1.70. The molecule has 1 aromatic carbocycles. The second-order valence-electron chi connectivity index (χ2n) is 2.05. The van der Waals surface area contributed by atoms with Gasteiger partial charge in [-0.25, -0.2) is 5.26 Å². The van der Waals surface area contributed by atoms with E-state index in [1.165, 1.54) is 5.40 Å². The molecule has 0 aliphatic heterocycles. The van der Waals surface area contributed by atoms with Gasteiger partial charge in [-0.1, -0.05) is 23.6 Å². The van der Waals surface area contributed by atoms with Crippen LogP contribution in [0.5, 0.6) is 0 Å². The number of thiocyanates is 1. The molecule has 0 spiro atoms. The standard InChI is InChI=1S/C8H6O.CHNS/c1-2-4-8-7(3-1)5-6-9-8;2-1-3/h1-6H;3H/p-1. The Hall–Kier alpha value is -1.53. The summed E-state index contributed by atoms with van der Waals surface area (Å²) in [5, 5.41) is 9.63. The number of para-hydroxylation sites is 1. The van der Waals surface area contributed by atoms with E-state index in [9.17, 15) is 0 Å². The van der Waals surface area contributed by atoms with E-state index < -0.39 is 0 Å². The Morgan fingerprint density at radius 1 is 1.25 bits per heavy atom. The van der Waals surface area contributed by atoms with Crippen LogP contribution in [0.4, 0.5) is 0 Å². The molecule has 0 N–H and O–H groups in total. The lowest BCUT2D eigenvalue weighted by Crippen LogP contribution is -1.57. The zero-order valence-electron chi connectivity index (χ0n) is 6.23. The third kappa shape index (κ3) is 1.97. The molecule has 0 saturated heterocycles. The van der Waals surface area contributed by atoms with Crippen LogP contribution in [0.15, 0.2) is 41.0 Å². The average Bonchev–Trinajstić information content (AvgIpc) is 2.52. The lowest BCUT2D eigenvalue weighted by Gasteiger charge is -1.81. The second-order valence-corrected chi connectivity index (χ2v) is 2.23. The summed E-state index contributed by atoms with van der Waals surface area (Å²) in [6, 6.07) is 9.90. The van der Waals surface area contributed by atoms with E-state index in [-0.39, 0.29) is 0 Å². The largest absolute Gasteiger partial charge is 0.696 e. The fourth-order valence-electron chi connectivity index (χ4n) is 0.906. The van der Waals surface area contributed by atoms with Crippen molar-refractivity contribution >= 4 is 23.6 Å². The SMILES string of the molecule is N#C[S-].c1ccc2occc2c1. The highest BCUT2D eigenvalue weighted by Gasteiger charge is 1.89. The third-order valence-corrected chi connectivity index (χ3v) is 1.36. The Balaban J connectivity index is 0.000000213. The number of nitriles is 1. The van der Waals surface area contributed by atoms with E-state index in [4.69, 9.17) is 9.68 Å². The molecule has 0 bridgehead atoms. The van der Waals surface area contributed by atoms with Gasteiger partial charge in [0.2, 0.25) is 0 Å². The van der Waals surface area contributed by atoms with Crippen LogP contribution in [0.3, 0.4) is 0 Å². The van der Waals surface area contributed by atoms with Crippen molar-refractivity contribution in [3.8, 4) is 5.40 Å². The van der Waals surface area contributed by atoms with Crippen molar-refractivity contribution in [3.63, 3.8) is 0 Å². The molecule has 0 aliphatic rings. The molecule has 1 aromatic heterocycles. The lowest BCUT2D eigenvalue weighted by molar-refractivity contribution is 0.616. The summed E-state index contributed by atoms with van der Waals surface area (Å²) in [4.78, 5) is 0. The van der Waals surface area contributed by atoms with Crippen molar-refractivity contribution in [3.05, 3.63) is 36.6 Å². The Morgan fingerprint density at radius 2 is 1.92 bits per heavy atom. The molecule has 0 saturated carbocycles.